The molecule has 1 unspecified atom stereocenters. The number of nitrogens with one attached hydrogen (secondary N) is 1. The van der Waals surface area contributed by atoms with Crippen LogP contribution in [-0.4, -0.2) is 60.6 Å². The van der Waals surface area contributed by atoms with Gasteiger partial charge in [0.15, 0.2) is 0 Å². The molecule has 1 atom stereocenters. The van der Waals surface area contributed by atoms with Crippen molar-refractivity contribution in [2.75, 3.05) is 39.2 Å². The minimum Gasteiger partial charge on any atom is -0.497 e. The van der Waals surface area contributed by atoms with Crippen LogP contribution in [0.3, 0.4) is 0 Å². The summed E-state index contributed by atoms with van der Waals surface area (Å²) in [6.45, 7) is 3.10. The average molecular weight is 384 g/mol. The highest BCUT2D eigenvalue weighted by molar-refractivity contribution is 6.04. The van der Waals surface area contributed by atoms with Crippen LogP contribution in [0.25, 0.3) is 0 Å². The van der Waals surface area contributed by atoms with Crippen molar-refractivity contribution in [1.29, 1.82) is 0 Å². The normalized spacial score (nSPS) is 16.1. The summed E-state index contributed by atoms with van der Waals surface area (Å²) in [5.41, 5.74) is 1.69. The Balaban J connectivity index is 1.66. The SMILES string of the molecule is COCC(=O)N1CCC(c2ncc(C(=O)Nc3ccc(OC)cc3)c(C)n2)C1. The largest absolute Gasteiger partial charge is 0.497 e. The van der Waals surface area contributed by atoms with Crippen LogP contribution in [0.4, 0.5) is 5.69 Å². The number of anilines is 1. The lowest BCUT2D eigenvalue weighted by Gasteiger charge is -2.16. The second-order valence-corrected chi connectivity index (χ2v) is 6.67. The van der Waals surface area contributed by atoms with Crippen molar-refractivity contribution in [3.05, 3.63) is 47.5 Å². The molecule has 8 heteroatoms. The van der Waals surface area contributed by atoms with Crippen LogP contribution in [0, 0.1) is 6.92 Å². The van der Waals surface area contributed by atoms with Crippen LogP contribution in [-0.2, 0) is 9.53 Å². The fourth-order valence-electron chi connectivity index (χ4n) is 3.19. The van der Waals surface area contributed by atoms with E-state index < -0.39 is 0 Å². The highest BCUT2D eigenvalue weighted by Crippen LogP contribution is 2.25. The van der Waals surface area contributed by atoms with Crippen LogP contribution >= 0.6 is 0 Å². The molecule has 1 saturated heterocycles. The van der Waals surface area contributed by atoms with E-state index in [1.54, 1.807) is 49.4 Å². The van der Waals surface area contributed by atoms with Crippen molar-refractivity contribution in [2.24, 2.45) is 0 Å². The molecule has 0 saturated carbocycles. The van der Waals surface area contributed by atoms with Crippen LogP contribution in [0.2, 0.25) is 0 Å². The van der Waals surface area contributed by atoms with Crippen molar-refractivity contribution in [3.63, 3.8) is 0 Å². The number of hydrogen-bond acceptors (Lipinski definition) is 6. The zero-order valence-electron chi connectivity index (χ0n) is 16.3. The van der Waals surface area contributed by atoms with Gasteiger partial charge in [-0.1, -0.05) is 0 Å². The predicted octanol–water partition coefficient (Wildman–Crippen LogP) is 2.01. The summed E-state index contributed by atoms with van der Waals surface area (Å²) < 4.78 is 10.0. The maximum absolute atomic E-state index is 12.5. The van der Waals surface area contributed by atoms with Gasteiger partial charge in [0.1, 0.15) is 18.2 Å². The highest BCUT2D eigenvalue weighted by atomic mass is 16.5. The number of aromatic nitrogens is 2. The summed E-state index contributed by atoms with van der Waals surface area (Å²) in [5, 5.41) is 2.83. The van der Waals surface area contributed by atoms with E-state index in [9.17, 15) is 9.59 Å². The first-order valence-corrected chi connectivity index (χ1v) is 9.07. The fourth-order valence-corrected chi connectivity index (χ4v) is 3.19. The minimum atomic E-state index is -0.266. The zero-order valence-corrected chi connectivity index (χ0v) is 16.3. The van der Waals surface area contributed by atoms with Crippen molar-refractivity contribution >= 4 is 17.5 Å². The molecule has 1 aliphatic heterocycles. The number of nitrogens with zero attached hydrogens (tertiary/aromatic N) is 3. The molecule has 8 nitrogen and oxygen atoms in total. The van der Waals surface area contributed by atoms with Gasteiger partial charge in [-0.05, 0) is 37.6 Å². The third-order valence-corrected chi connectivity index (χ3v) is 4.76. The van der Waals surface area contributed by atoms with Gasteiger partial charge in [0.25, 0.3) is 5.91 Å². The first-order chi connectivity index (χ1) is 13.5. The first kappa shape index (κ1) is 19.8. The summed E-state index contributed by atoms with van der Waals surface area (Å²) in [6, 6.07) is 7.09. The molecule has 1 aliphatic rings. The number of methoxy groups -OCH3 is 2. The maximum Gasteiger partial charge on any atom is 0.259 e. The van der Waals surface area contributed by atoms with Gasteiger partial charge in [-0.25, -0.2) is 9.97 Å². The van der Waals surface area contributed by atoms with E-state index in [0.29, 0.717) is 35.9 Å². The molecule has 1 fully saturated rings. The lowest BCUT2D eigenvalue weighted by atomic mass is 10.1. The van der Waals surface area contributed by atoms with Gasteiger partial charge in [-0.15, -0.1) is 0 Å². The lowest BCUT2D eigenvalue weighted by Crippen LogP contribution is -2.31. The number of hydrogen-bond donors (Lipinski definition) is 1. The molecule has 0 aliphatic carbocycles. The van der Waals surface area contributed by atoms with Crippen molar-refractivity contribution in [3.8, 4) is 5.75 Å². The summed E-state index contributed by atoms with van der Waals surface area (Å²) >= 11 is 0. The maximum atomic E-state index is 12.5. The smallest absolute Gasteiger partial charge is 0.259 e. The number of aryl methyl sites for hydroxylation is 1. The van der Waals surface area contributed by atoms with Gasteiger partial charge in [0, 0.05) is 38.0 Å². The monoisotopic (exact) mass is 384 g/mol. The Morgan fingerprint density at radius 3 is 2.64 bits per heavy atom. The Hall–Kier alpha value is -3.00. The summed E-state index contributed by atoms with van der Waals surface area (Å²) in [6.07, 6.45) is 2.35. The number of amides is 2. The third-order valence-electron chi connectivity index (χ3n) is 4.76. The van der Waals surface area contributed by atoms with E-state index in [2.05, 4.69) is 15.3 Å². The van der Waals surface area contributed by atoms with Gasteiger partial charge < -0.3 is 19.7 Å². The lowest BCUT2D eigenvalue weighted by molar-refractivity contribution is -0.134. The number of benzene rings is 1. The number of carbonyl (C=O) groups excluding carboxylic acids is 2. The standard InChI is InChI=1S/C20H24N4O4/c1-13-17(20(26)23-15-4-6-16(28-3)7-5-15)10-21-19(22-13)14-8-9-24(11-14)18(25)12-27-2/h4-7,10,14H,8-9,11-12H2,1-3H3,(H,23,26). The van der Waals surface area contributed by atoms with Crippen molar-refractivity contribution in [2.45, 2.75) is 19.3 Å². The quantitative estimate of drug-likeness (QED) is 0.819. The number of likely N-dealkylation sites (tertiary alicyclic amines) is 1. The molecule has 1 aromatic carbocycles. The van der Waals surface area contributed by atoms with Crippen LogP contribution in [0.15, 0.2) is 30.5 Å². The molecule has 28 heavy (non-hydrogen) atoms. The molecular weight excluding hydrogens is 360 g/mol. The topological polar surface area (TPSA) is 93.7 Å². The molecule has 0 radical (unpaired) electrons. The van der Waals surface area contributed by atoms with Crippen molar-refractivity contribution < 1.29 is 19.1 Å². The molecule has 0 spiro atoms. The second kappa shape index (κ2) is 8.79. The summed E-state index contributed by atoms with van der Waals surface area (Å²) in [5.74, 6) is 1.15. The van der Waals surface area contributed by atoms with Crippen LogP contribution in [0.1, 0.15) is 34.2 Å². The Bertz CT molecular complexity index is 854. The Morgan fingerprint density at radius 2 is 2.00 bits per heavy atom. The van der Waals surface area contributed by atoms with Crippen LogP contribution in [0.5, 0.6) is 5.75 Å². The highest BCUT2D eigenvalue weighted by Gasteiger charge is 2.29. The molecule has 148 valence electrons. The van der Waals surface area contributed by atoms with E-state index >= 15 is 0 Å². The predicted molar refractivity (Wildman–Crippen MR) is 104 cm³/mol. The molecule has 0 bridgehead atoms. The van der Waals surface area contributed by atoms with Crippen LogP contribution < -0.4 is 10.1 Å². The van der Waals surface area contributed by atoms with Gasteiger partial charge in [0.2, 0.25) is 5.91 Å². The molecule has 2 amide bonds. The van der Waals surface area contributed by atoms with Gasteiger partial charge in [-0.2, -0.15) is 0 Å². The Labute approximate surface area is 163 Å². The summed E-state index contributed by atoms with van der Waals surface area (Å²) in [7, 11) is 3.10. The number of carbonyl (C=O) groups is 2. The first-order valence-electron chi connectivity index (χ1n) is 9.07. The van der Waals surface area contributed by atoms with E-state index in [1.807, 2.05) is 0 Å². The van der Waals surface area contributed by atoms with Gasteiger partial charge in [0.05, 0.1) is 18.4 Å². The Morgan fingerprint density at radius 1 is 1.25 bits per heavy atom. The molecule has 2 aromatic rings. The van der Waals surface area contributed by atoms with Crippen molar-refractivity contribution in [1.82, 2.24) is 14.9 Å². The third kappa shape index (κ3) is 4.45. The van der Waals surface area contributed by atoms with E-state index in [0.717, 1.165) is 12.2 Å². The summed E-state index contributed by atoms with van der Waals surface area (Å²) in [4.78, 5) is 35.2. The second-order valence-electron chi connectivity index (χ2n) is 6.67. The molecule has 2 heterocycles. The average Bonchev–Trinajstić information content (AvgIpc) is 3.19. The van der Waals surface area contributed by atoms with Gasteiger partial charge in [-0.3, -0.25) is 9.59 Å². The molecular formula is C20H24N4O4. The number of ether oxygens (including phenoxy) is 2. The zero-order chi connectivity index (χ0) is 20.1. The van der Waals surface area contributed by atoms with E-state index in [-0.39, 0.29) is 24.3 Å². The molecule has 1 aromatic heterocycles. The number of rotatable bonds is 6. The van der Waals surface area contributed by atoms with E-state index in [1.165, 1.54) is 7.11 Å². The minimum absolute atomic E-state index is 0.0304. The molecule has 3 rings (SSSR count). The van der Waals surface area contributed by atoms with Gasteiger partial charge >= 0.3 is 0 Å². The van der Waals surface area contributed by atoms with E-state index in [4.69, 9.17) is 9.47 Å². The Kier molecular flexibility index (Phi) is 6.20. The molecule has 1 N–H and O–H groups in total. The fraction of sp³-hybridized carbons (Fsp3) is 0.400.